The number of aryl methyl sites for hydroxylation is 2. The second kappa shape index (κ2) is 7.79. The maximum atomic E-state index is 13.4. The maximum absolute atomic E-state index is 13.4. The van der Waals surface area contributed by atoms with E-state index in [4.69, 9.17) is 9.73 Å². The van der Waals surface area contributed by atoms with E-state index < -0.39 is 0 Å². The predicted molar refractivity (Wildman–Crippen MR) is 108 cm³/mol. The molecule has 1 aromatic heterocycles. The summed E-state index contributed by atoms with van der Waals surface area (Å²) >= 11 is 1.61. The molecule has 1 saturated heterocycles. The largest absolute Gasteiger partial charge is 0.376 e. The van der Waals surface area contributed by atoms with Crippen molar-refractivity contribution in [3.05, 3.63) is 69.6 Å². The molecule has 2 aromatic carbocycles. The Bertz CT molecular complexity index is 998. The molecule has 3 nitrogen and oxygen atoms in total. The Kier molecular flexibility index (Phi) is 5.23. The van der Waals surface area contributed by atoms with E-state index in [1.165, 1.54) is 17.7 Å². The molecule has 2 heterocycles. The molecule has 1 fully saturated rings. The summed E-state index contributed by atoms with van der Waals surface area (Å²) in [6.45, 7) is 5.75. The van der Waals surface area contributed by atoms with Crippen molar-refractivity contribution < 1.29 is 9.13 Å². The average molecular weight is 383 g/mol. The van der Waals surface area contributed by atoms with Gasteiger partial charge in [-0.15, -0.1) is 11.3 Å². The molecule has 0 aliphatic carbocycles. The fourth-order valence-corrected chi connectivity index (χ4v) is 4.31. The third-order valence-electron chi connectivity index (χ3n) is 4.93. The van der Waals surface area contributed by atoms with E-state index in [2.05, 4.69) is 42.0 Å². The number of aromatic nitrogens is 1. The molecule has 0 N–H and O–H groups in total. The van der Waals surface area contributed by atoms with Crippen molar-refractivity contribution in [2.24, 2.45) is 4.99 Å². The first-order valence-electron chi connectivity index (χ1n) is 9.28. The van der Waals surface area contributed by atoms with E-state index in [-0.39, 0.29) is 11.9 Å². The van der Waals surface area contributed by atoms with Crippen LogP contribution >= 0.6 is 11.3 Å². The lowest BCUT2D eigenvalue weighted by atomic mass is 10.1. The first kappa shape index (κ1) is 18.1. The minimum atomic E-state index is -0.222. The van der Waals surface area contributed by atoms with Crippen molar-refractivity contribution in [2.45, 2.75) is 39.3 Å². The number of rotatable bonds is 4. The highest BCUT2D eigenvalue weighted by molar-refractivity contribution is 7.07. The van der Waals surface area contributed by atoms with Gasteiger partial charge < -0.3 is 9.30 Å². The van der Waals surface area contributed by atoms with E-state index in [1.807, 2.05) is 12.1 Å². The lowest BCUT2D eigenvalue weighted by molar-refractivity contribution is 0.0968. The van der Waals surface area contributed by atoms with E-state index in [1.54, 1.807) is 11.3 Å². The van der Waals surface area contributed by atoms with E-state index >= 15 is 0 Å². The number of hydrogen-bond donors (Lipinski definition) is 0. The van der Waals surface area contributed by atoms with Crippen LogP contribution in [0.1, 0.15) is 24.0 Å². The van der Waals surface area contributed by atoms with Crippen LogP contribution in [0.25, 0.3) is 11.3 Å². The molecule has 1 aliphatic heterocycles. The van der Waals surface area contributed by atoms with E-state index in [0.29, 0.717) is 0 Å². The topological polar surface area (TPSA) is 26.5 Å². The fraction of sp³-hybridized carbons (Fsp3) is 0.318. The summed E-state index contributed by atoms with van der Waals surface area (Å²) in [5, 5.41) is 2.10. The summed E-state index contributed by atoms with van der Waals surface area (Å²) in [6.07, 6.45) is 2.37. The maximum Gasteiger partial charge on any atom is 0.190 e. The van der Waals surface area contributed by atoms with E-state index in [0.717, 1.165) is 53.3 Å². The zero-order valence-electron chi connectivity index (χ0n) is 15.6. The minimum absolute atomic E-state index is 0.205. The Labute approximate surface area is 162 Å². The number of ether oxygens (including phenoxy) is 1. The van der Waals surface area contributed by atoms with Gasteiger partial charge in [0, 0.05) is 12.0 Å². The molecule has 0 radical (unpaired) electrons. The molecule has 5 heteroatoms. The smallest absolute Gasteiger partial charge is 0.190 e. The van der Waals surface area contributed by atoms with Crippen molar-refractivity contribution in [1.29, 1.82) is 0 Å². The van der Waals surface area contributed by atoms with Gasteiger partial charge in [0.2, 0.25) is 0 Å². The van der Waals surface area contributed by atoms with Gasteiger partial charge in [-0.2, -0.15) is 0 Å². The fourth-order valence-electron chi connectivity index (χ4n) is 3.38. The van der Waals surface area contributed by atoms with Crippen molar-refractivity contribution >= 4 is 17.0 Å². The normalized spacial score (nSPS) is 17.6. The van der Waals surface area contributed by atoms with Crippen molar-refractivity contribution in [3.63, 3.8) is 0 Å². The second-order valence-corrected chi connectivity index (χ2v) is 7.89. The van der Waals surface area contributed by atoms with Gasteiger partial charge in [-0.05, 0) is 73.7 Å². The zero-order valence-corrected chi connectivity index (χ0v) is 16.4. The van der Waals surface area contributed by atoms with E-state index in [9.17, 15) is 4.39 Å². The first-order valence-corrected chi connectivity index (χ1v) is 10.2. The van der Waals surface area contributed by atoms with Crippen molar-refractivity contribution in [2.75, 3.05) is 6.61 Å². The molecule has 0 spiro atoms. The molecule has 1 unspecified atom stereocenters. The summed E-state index contributed by atoms with van der Waals surface area (Å²) in [4.78, 5) is 5.90. The van der Waals surface area contributed by atoms with Crippen LogP contribution in [0.2, 0.25) is 0 Å². The Hall–Kier alpha value is -2.24. The Balaban J connectivity index is 1.82. The SMILES string of the molecule is Cc1ccc(C)c(N=c2scc(-c3ccc(F)cc3)n2CC2CCCO2)c1. The molecule has 27 heavy (non-hydrogen) atoms. The molecule has 0 bridgehead atoms. The lowest BCUT2D eigenvalue weighted by Gasteiger charge is -2.14. The van der Waals surface area contributed by atoms with Crippen LogP contribution in [-0.2, 0) is 11.3 Å². The summed E-state index contributed by atoms with van der Waals surface area (Å²) in [5.74, 6) is -0.222. The first-order chi connectivity index (χ1) is 13.1. The van der Waals surface area contributed by atoms with Crippen LogP contribution in [0.15, 0.2) is 52.8 Å². The molecule has 4 rings (SSSR count). The predicted octanol–water partition coefficient (Wildman–Crippen LogP) is 5.38. The third kappa shape index (κ3) is 4.04. The molecular formula is C22H23FN2OS. The summed E-state index contributed by atoms with van der Waals surface area (Å²) in [5.41, 5.74) is 5.39. The van der Waals surface area contributed by atoms with Crippen LogP contribution < -0.4 is 4.80 Å². The van der Waals surface area contributed by atoms with Crippen LogP contribution in [0.4, 0.5) is 10.1 Å². The second-order valence-electron chi connectivity index (χ2n) is 7.06. The number of benzene rings is 2. The molecule has 1 aliphatic rings. The Morgan fingerprint density at radius 3 is 2.74 bits per heavy atom. The third-order valence-corrected chi connectivity index (χ3v) is 5.79. The lowest BCUT2D eigenvalue weighted by Crippen LogP contribution is -2.24. The molecule has 140 valence electrons. The van der Waals surface area contributed by atoms with Crippen molar-refractivity contribution in [1.82, 2.24) is 4.57 Å². The standard InChI is InChI=1S/C22H23FN2OS/c1-15-5-6-16(2)20(12-15)24-22-25(13-19-4-3-11-26-19)21(14-27-22)17-7-9-18(23)10-8-17/h5-10,12,14,19H,3-4,11,13H2,1-2H3. The van der Waals surface area contributed by atoms with Gasteiger partial charge in [-0.25, -0.2) is 9.38 Å². The Morgan fingerprint density at radius 2 is 2.00 bits per heavy atom. The average Bonchev–Trinajstić information content (AvgIpc) is 3.30. The highest BCUT2D eigenvalue weighted by Gasteiger charge is 2.19. The van der Waals surface area contributed by atoms with Gasteiger partial charge in [-0.1, -0.05) is 12.1 Å². The van der Waals surface area contributed by atoms with Crippen LogP contribution in [0.3, 0.4) is 0 Å². The molecule has 0 saturated carbocycles. The zero-order chi connectivity index (χ0) is 18.8. The van der Waals surface area contributed by atoms with Gasteiger partial charge >= 0.3 is 0 Å². The highest BCUT2D eigenvalue weighted by Crippen LogP contribution is 2.25. The number of halogens is 1. The summed E-state index contributed by atoms with van der Waals surface area (Å²) in [6, 6.07) is 13.0. The van der Waals surface area contributed by atoms with Crippen molar-refractivity contribution in [3.8, 4) is 11.3 Å². The highest BCUT2D eigenvalue weighted by atomic mass is 32.1. The van der Waals surface area contributed by atoms with Gasteiger partial charge in [0.15, 0.2) is 4.80 Å². The van der Waals surface area contributed by atoms with Crippen LogP contribution in [0.5, 0.6) is 0 Å². The summed E-state index contributed by atoms with van der Waals surface area (Å²) < 4.78 is 21.4. The van der Waals surface area contributed by atoms with Crippen LogP contribution in [0, 0.1) is 19.7 Å². The van der Waals surface area contributed by atoms with Gasteiger partial charge in [0.1, 0.15) is 5.82 Å². The monoisotopic (exact) mass is 382 g/mol. The quantitative estimate of drug-likeness (QED) is 0.595. The summed E-state index contributed by atoms with van der Waals surface area (Å²) in [7, 11) is 0. The molecular weight excluding hydrogens is 359 g/mol. The molecule has 1 atom stereocenters. The number of hydrogen-bond acceptors (Lipinski definition) is 3. The Morgan fingerprint density at radius 1 is 1.19 bits per heavy atom. The van der Waals surface area contributed by atoms with Crippen LogP contribution in [-0.4, -0.2) is 17.3 Å². The van der Waals surface area contributed by atoms with Gasteiger partial charge in [-0.3, -0.25) is 0 Å². The number of thiazole rings is 1. The van der Waals surface area contributed by atoms with Gasteiger partial charge in [0.25, 0.3) is 0 Å². The number of nitrogens with zero attached hydrogens (tertiary/aromatic N) is 2. The molecule has 0 amide bonds. The molecule has 3 aromatic rings. The minimum Gasteiger partial charge on any atom is -0.376 e. The van der Waals surface area contributed by atoms with Gasteiger partial charge in [0.05, 0.1) is 24.0 Å².